The van der Waals surface area contributed by atoms with E-state index in [-0.39, 0.29) is 5.41 Å². The molecule has 3 nitrogen and oxygen atoms in total. The molecule has 4 rings (SSSR count). The van der Waals surface area contributed by atoms with Crippen LogP contribution in [0.25, 0.3) is 12.2 Å². The van der Waals surface area contributed by atoms with Crippen molar-refractivity contribution in [3.63, 3.8) is 0 Å². The molecule has 2 aromatic rings. The van der Waals surface area contributed by atoms with Gasteiger partial charge in [-0.3, -0.25) is 0 Å². The van der Waals surface area contributed by atoms with Crippen LogP contribution in [-0.2, 0) is 18.3 Å². The number of rotatable bonds is 8. The second-order valence-electron chi connectivity index (χ2n) is 9.52. The highest BCUT2D eigenvalue weighted by Gasteiger charge is 2.48. The fraction of sp³-hybridized carbons (Fsp3) is 0.462. The lowest BCUT2D eigenvalue weighted by molar-refractivity contribution is -0.00895. The Balaban J connectivity index is 1.65. The summed E-state index contributed by atoms with van der Waals surface area (Å²) in [7, 11) is 0. The minimum atomic E-state index is -0.756. The van der Waals surface area contributed by atoms with Crippen LogP contribution in [0.2, 0.25) is 0 Å². The van der Waals surface area contributed by atoms with E-state index in [9.17, 15) is 5.11 Å². The summed E-state index contributed by atoms with van der Waals surface area (Å²) < 4.78 is 7.10. The van der Waals surface area contributed by atoms with Crippen molar-refractivity contribution >= 4 is 28.1 Å². The number of hydrogen-bond acceptors (Lipinski definition) is 2. The first kappa shape index (κ1) is 21.5. The van der Waals surface area contributed by atoms with E-state index in [0.717, 1.165) is 53.0 Å². The Morgan fingerprint density at radius 3 is 2.73 bits per heavy atom. The maximum atomic E-state index is 11.9. The normalized spacial score (nSPS) is 18.3. The van der Waals surface area contributed by atoms with Crippen molar-refractivity contribution in [2.45, 2.75) is 63.9 Å². The molecule has 0 saturated heterocycles. The van der Waals surface area contributed by atoms with Gasteiger partial charge in [0.1, 0.15) is 5.75 Å². The standard InChI is InChI=1S/C26H32BrNO2/c1-5-7-17-13-21(28-23(17)6-2)15-26(29,19-8-9-19)16-25(3,4)22-14-20(27)12-18-10-11-30-24(18)22/h5-7,12-14,19,28-29H,2,8-11,15-16H2,1,3-4H3/b7-5-. The van der Waals surface area contributed by atoms with Gasteiger partial charge in [0, 0.05) is 34.3 Å². The zero-order valence-electron chi connectivity index (χ0n) is 18.2. The van der Waals surface area contributed by atoms with Crippen LogP contribution in [0.15, 0.2) is 35.3 Å². The van der Waals surface area contributed by atoms with E-state index in [2.05, 4.69) is 65.6 Å². The van der Waals surface area contributed by atoms with Crippen molar-refractivity contribution in [3.05, 3.63) is 63.4 Å². The van der Waals surface area contributed by atoms with Crippen LogP contribution < -0.4 is 4.74 Å². The lowest BCUT2D eigenvalue weighted by Crippen LogP contribution is -2.41. The quantitative estimate of drug-likeness (QED) is 0.466. The van der Waals surface area contributed by atoms with Gasteiger partial charge in [0.15, 0.2) is 0 Å². The van der Waals surface area contributed by atoms with Crippen LogP contribution in [0.1, 0.15) is 68.1 Å². The fourth-order valence-corrected chi connectivity index (χ4v) is 5.57. The largest absolute Gasteiger partial charge is 0.493 e. The van der Waals surface area contributed by atoms with Crippen molar-refractivity contribution in [1.82, 2.24) is 4.98 Å². The molecule has 0 bridgehead atoms. The summed E-state index contributed by atoms with van der Waals surface area (Å²) in [5.74, 6) is 1.36. The topological polar surface area (TPSA) is 45.2 Å². The van der Waals surface area contributed by atoms with Gasteiger partial charge in [0.05, 0.1) is 12.2 Å². The van der Waals surface area contributed by atoms with Crippen molar-refractivity contribution < 1.29 is 9.84 Å². The van der Waals surface area contributed by atoms with E-state index in [4.69, 9.17) is 4.74 Å². The molecule has 1 aliphatic carbocycles. The minimum Gasteiger partial charge on any atom is -0.493 e. The average Bonchev–Trinajstić information content (AvgIpc) is 3.33. The first-order valence-electron chi connectivity index (χ1n) is 10.9. The summed E-state index contributed by atoms with van der Waals surface area (Å²) in [4.78, 5) is 3.47. The van der Waals surface area contributed by atoms with Crippen LogP contribution in [0.5, 0.6) is 5.75 Å². The number of benzene rings is 1. The van der Waals surface area contributed by atoms with Gasteiger partial charge in [0.25, 0.3) is 0 Å². The summed E-state index contributed by atoms with van der Waals surface area (Å²) >= 11 is 3.68. The molecule has 2 aliphatic rings. The molecule has 1 saturated carbocycles. The zero-order chi connectivity index (χ0) is 21.5. The van der Waals surface area contributed by atoms with Gasteiger partial charge in [0.2, 0.25) is 0 Å². The van der Waals surface area contributed by atoms with Crippen LogP contribution in [0, 0.1) is 5.92 Å². The van der Waals surface area contributed by atoms with Gasteiger partial charge >= 0.3 is 0 Å². The molecule has 0 amide bonds. The van der Waals surface area contributed by atoms with E-state index in [1.54, 1.807) is 0 Å². The van der Waals surface area contributed by atoms with Gasteiger partial charge in [-0.15, -0.1) is 0 Å². The third kappa shape index (κ3) is 4.17. The predicted molar refractivity (Wildman–Crippen MR) is 128 cm³/mol. The molecule has 0 radical (unpaired) electrons. The van der Waals surface area contributed by atoms with Crippen LogP contribution in [0.3, 0.4) is 0 Å². The molecular formula is C26H32BrNO2. The lowest BCUT2D eigenvalue weighted by atomic mass is 9.71. The number of aromatic nitrogens is 1. The Hall–Kier alpha value is -1.78. The van der Waals surface area contributed by atoms with Crippen molar-refractivity contribution in [2.75, 3.05) is 6.61 Å². The minimum absolute atomic E-state index is 0.213. The number of ether oxygens (including phenoxy) is 1. The number of H-pyrrole nitrogens is 1. The van der Waals surface area contributed by atoms with Gasteiger partial charge in [-0.2, -0.15) is 0 Å². The monoisotopic (exact) mass is 469 g/mol. The summed E-state index contributed by atoms with van der Waals surface area (Å²) in [6.45, 7) is 11.1. The van der Waals surface area contributed by atoms with Crippen LogP contribution in [0.4, 0.5) is 0 Å². The molecule has 2 heterocycles. The number of nitrogens with one attached hydrogen (secondary N) is 1. The summed E-state index contributed by atoms with van der Waals surface area (Å²) in [6.07, 6.45) is 10.4. The van der Waals surface area contributed by atoms with Crippen LogP contribution in [-0.4, -0.2) is 22.3 Å². The Kier molecular flexibility index (Phi) is 5.75. The second kappa shape index (κ2) is 8.05. The second-order valence-corrected chi connectivity index (χ2v) is 10.4. The van der Waals surface area contributed by atoms with E-state index >= 15 is 0 Å². The fourth-order valence-electron chi connectivity index (χ4n) is 5.06. The lowest BCUT2D eigenvalue weighted by Gasteiger charge is -2.37. The van der Waals surface area contributed by atoms with E-state index in [0.29, 0.717) is 18.8 Å². The third-order valence-corrected chi connectivity index (χ3v) is 7.00. The number of aromatic amines is 1. The van der Waals surface area contributed by atoms with E-state index in [1.807, 2.05) is 19.1 Å². The average molecular weight is 470 g/mol. The third-order valence-electron chi connectivity index (χ3n) is 6.55. The number of fused-ring (bicyclic) bond motifs is 1. The Morgan fingerprint density at radius 1 is 1.30 bits per heavy atom. The van der Waals surface area contributed by atoms with Crippen molar-refractivity contribution in [2.24, 2.45) is 5.92 Å². The van der Waals surface area contributed by atoms with Crippen LogP contribution >= 0.6 is 15.9 Å². The molecule has 160 valence electrons. The molecule has 1 fully saturated rings. The van der Waals surface area contributed by atoms with Gasteiger partial charge in [-0.05, 0) is 72.9 Å². The summed E-state index contributed by atoms with van der Waals surface area (Å²) in [6, 6.07) is 6.48. The Bertz CT molecular complexity index is 983. The molecule has 1 aromatic carbocycles. The Labute approximate surface area is 188 Å². The molecule has 4 heteroatoms. The van der Waals surface area contributed by atoms with Gasteiger partial charge < -0.3 is 14.8 Å². The highest BCUT2D eigenvalue weighted by atomic mass is 79.9. The summed E-state index contributed by atoms with van der Waals surface area (Å²) in [5.41, 5.74) is 4.69. The maximum absolute atomic E-state index is 11.9. The molecule has 0 spiro atoms. The SMILES string of the molecule is C=Cc1[nH]c(CC(O)(CC(C)(C)c2cc(Br)cc3c2OCC3)C2CC2)cc1/C=C\C. The molecule has 1 atom stereocenters. The highest BCUT2D eigenvalue weighted by molar-refractivity contribution is 9.10. The number of hydrogen-bond donors (Lipinski definition) is 2. The van der Waals surface area contributed by atoms with E-state index in [1.165, 1.54) is 11.1 Å². The number of allylic oxidation sites excluding steroid dienone is 1. The first-order valence-corrected chi connectivity index (χ1v) is 11.7. The zero-order valence-corrected chi connectivity index (χ0v) is 19.8. The molecule has 1 unspecified atom stereocenters. The maximum Gasteiger partial charge on any atom is 0.126 e. The van der Waals surface area contributed by atoms with E-state index < -0.39 is 5.60 Å². The van der Waals surface area contributed by atoms with Gasteiger partial charge in [-0.1, -0.05) is 48.5 Å². The van der Waals surface area contributed by atoms with Crippen molar-refractivity contribution in [3.8, 4) is 5.75 Å². The molecule has 30 heavy (non-hydrogen) atoms. The Morgan fingerprint density at radius 2 is 2.07 bits per heavy atom. The predicted octanol–water partition coefficient (Wildman–Crippen LogP) is 6.44. The first-order chi connectivity index (χ1) is 14.3. The smallest absolute Gasteiger partial charge is 0.126 e. The molecule has 1 aliphatic heterocycles. The highest BCUT2D eigenvalue weighted by Crippen LogP contribution is 2.50. The summed E-state index contributed by atoms with van der Waals surface area (Å²) in [5, 5.41) is 11.9. The molecule has 2 N–H and O–H groups in total. The number of halogens is 1. The number of aliphatic hydroxyl groups is 1. The molecule has 1 aromatic heterocycles. The van der Waals surface area contributed by atoms with Gasteiger partial charge in [-0.25, -0.2) is 0 Å². The van der Waals surface area contributed by atoms with Crippen molar-refractivity contribution in [1.29, 1.82) is 0 Å². The molecular weight excluding hydrogens is 438 g/mol.